The van der Waals surface area contributed by atoms with E-state index in [2.05, 4.69) is 4.98 Å². The van der Waals surface area contributed by atoms with Crippen LogP contribution in [0.25, 0.3) is 22.4 Å². The third-order valence-corrected chi connectivity index (χ3v) is 5.50. The fourth-order valence-electron chi connectivity index (χ4n) is 3.99. The second-order valence-electron chi connectivity index (χ2n) is 9.47. The number of amides is 2. The second kappa shape index (κ2) is 8.89. The molecule has 8 nitrogen and oxygen atoms in total. The maximum atomic E-state index is 13.6. The highest BCUT2D eigenvalue weighted by atomic mass is 19.1. The van der Waals surface area contributed by atoms with Crippen LogP contribution in [-0.2, 0) is 16.1 Å². The molecule has 2 amide bonds. The molecule has 3 heterocycles. The molecule has 0 spiro atoms. The van der Waals surface area contributed by atoms with Crippen LogP contribution in [0.3, 0.4) is 0 Å². The predicted octanol–water partition coefficient (Wildman–Crippen LogP) is 4.13. The SMILES string of the molecule is CN(C)C(=O)C1CN(C(=O)OC(C)(C)C)Cc2c(-c3ccncc3)c(-c3ccc(F)cc3)nn21. The lowest BCUT2D eigenvalue weighted by molar-refractivity contribution is -0.133. The Bertz CT molecular complexity index is 1200. The highest BCUT2D eigenvalue weighted by molar-refractivity contribution is 5.86. The lowest BCUT2D eigenvalue weighted by Crippen LogP contribution is -2.48. The van der Waals surface area contributed by atoms with E-state index in [4.69, 9.17) is 9.84 Å². The highest BCUT2D eigenvalue weighted by Crippen LogP contribution is 2.39. The normalized spacial score (nSPS) is 15.6. The first-order valence-corrected chi connectivity index (χ1v) is 11.0. The number of carbonyl (C=O) groups is 2. The van der Waals surface area contributed by atoms with Gasteiger partial charge in [0.2, 0.25) is 5.91 Å². The van der Waals surface area contributed by atoms with Gasteiger partial charge in [0.25, 0.3) is 0 Å². The average molecular weight is 466 g/mol. The van der Waals surface area contributed by atoms with Gasteiger partial charge in [-0.3, -0.25) is 19.4 Å². The fraction of sp³-hybridized carbons (Fsp3) is 0.360. The van der Waals surface area contributed by atoms with Crippen LogP contribution in [0.5, 0.6) is 0 Å². The largest absolute Gasteiger partial charge is 0.444 e. The minimum Gasteiger partial charge on any atom is -0.444 e. The Morgan fingerprint density at radius 1 is 1.06 bits per heavy atom. The van der Waals surface area contributed by atoms with Crippen LogP contribution in [0.15, 0.2) is 48.8 Å². The summed E-state index contributed by atoms with van der Waals surface area (Å²) in [6.07, 6.45) is 2.84. The molecule has 1 aromatic carbocycles. The van der Waals surface area contributed by atoms with Crippen LogP contribution in [0, 0.1) is 5.82 Å². The number of carbonyl (C=O) groups excluding carboxylic acids is 2. The molecule has 0 saturated carbocycles. The molecule has 4 rings (SSSR count). The van der Waals surface area contributed by atoms with Crippen molar-refractivity contribution < 1.29 is 18.7 Å². The monoisotopic (exact) mass is 465 g/mol. The summed E-state index contributed by atoms with van der Waals surface area (Å²) in [7, 11) is 3.34. The third kappa shape index (κ3) is 4.64. The topological polar surface area (TPSA) is 80.6 Å². The van der Waals surface area contributed by atoms with Gasteiger partial charge in [-0.15, -0.1) is 0 Å². The Morgan fingerprint density at radius 2 is 1.71 bits per heavy atom. The summed E-state index contributed by atoms with van der Waals surface area (Å²) in [6.45, 7) is 5.74. The molecule has 1 aliphatic rings. The molecule has 3 aromatic rings. The van der Waals surface area contributed by atoms with Crippen LogP contribution in [0.2, 0.25) is 0 Å². The van der Waals surface area contributed by atoms with Crippen LogP contribution < -0.4 is 0 Å². The first kappa shape index (κ1) is 23.4. The molecule has 0 saturated heterocycles. The minimum absolute atomic E-state index is 0.124. The molecule has 2 aromatic heterocycles. The van der Waals surface area contributed by atoms with Crippen molar-refractivity contribution in [2.75, 3.05) is 20.6 Å². The number of ether oxygens (including phenoxy) is 1. The first-order chi connectivity index (χ1) is 16.0. The predicted molar refractivity (Wildman–Crippen MR) is 125 cm³/mol. The number of pyridine rings is 1. The Hall–Kier alpha value is -3.75. The van der Waals surface area contributed by atoms with Crippen molar-refractivity contribution in [3.63, 3.8) is 0 Å². The summed E-state index contributed by atoms with van der Waals surface area (Å²) in [5.74, 6) is -0.543. The van der Waals surface area contributed by atoms with Crippen molar-refractivity contribution in [1.29, 1.82) is 0 Å². The molecule has 0 aliphatic carbocycles. The van der Waals surface area contributed by atoms with Crippen LogP contribution in [0.4, 0.5) is 9.18 Å². The van der Waals surface area contributed by atoms with Crippen LogP contribution >= 0.6 is 0 Å². The highest BCUT2D eigenvalue weighted by Gasteiger charge is 2.38. The van der Waals surface area contributed by atoms with Crippen molar-refractivity contribution in [3.05, 3.63) is 60.3 Å². The summed E-state index contributed by atoms with van der Waals surface area (Å²) in [6, 6.07) is 9.02. The number of aromatic nitrogens is 3. The summed E-state index contributed by atoms with van der Waals surface area (Å²) < 4.78 is 20.9. The number of fused-ring (bicyclic) bond motifs is 1. The van der Waals surface area contributed by atoms with Crippen LogP contribution in [-0.4, -0.2) is 62.8 Å². The molecule has 0 radical (unpaired) electrons. The Morgan fingerprint density at radius 3 is 2.29 bits per heavy atom. The Kier molecular flexibility index (Phi) is 6.12. The van der Waals surface area contributed by atoms with Gasteiger partial charge in [0.05, 0.1) is 18.8 Å². The summed E-state index contributed by atoms with van der Waals surface area (Å²) >= 11 is 0. The number of hydrogen-bond donors (Lipinski definition) is 0. The Balaban J connectivity index is 1.91. The van der Waals surface area contributed by atoms with Crippen molar-refractivity contribution >= 4 is 12.0 Å². The van der Waals surface area contributed by atoms with Gasteiger partial charge in [0.15, 0.2) is 0 Å². The van der Waals surface area contributed by atoms with E-state index >= 15 is 0 Å². The smallest absolute Gasteiger partial charge is 0.410 e. The lowest BCUT2D eigenvalue weighted by atomic mass is 9.98. The first-order valence-electron chi connectivity index (χ1n) is 11.0. The number of halogens is 1. The maximum Gasteiger partial charge on any atom is 0.410 e. The molecule has 178 valence electrons. The molecule has 9 heteroatoms. The average Bonchev–Trinajstić information content (AvgIpc) is 3.17. The Labute approximate surface area is 198 Å². The molecule has 0 N–H and O–H groups in total. The van der Waals surface area contributed by atoms with Gasteiger partial charge in [0.1, 0.15) is 23.2 Å². The molecule has 1 unspecified atom stereocenters. The third-order valence-electron chi connectivity index (χ3n) is 5.50. The van der Waals surface area contributed by atoms with E-state index in [0.717, 1.165) is 11.1 Å². The zero-order chi connectivity index (χ0) is 24.6. The van der Waals surface area contributed by atoms with Gasteiger partial charge in [-0.1, -0.05) is 0 Å². The summed E-state index contributed by atoms with van der Waals surface area (Å²) in [4.78, 5) is 33.3. The molecule has 34 heavy (non-hydrogen) atoms. The molecule has 1 atom stereocenters. The molecular weight excluding hydrogens is 437 g/mol. The van der Waals surface area contributed by atoms with Gasteiger partial charge in [-0.25, -0.2) is 9.18 Å². The van der Waals surface area contributed by atoms with E-state index in [0.29, 0.717) is 17.0 Å². The van der Waals surface area contributed by atoms with Crippen LogP contribution in [0.1, 0.15) is 32.5 Å². The summed E-state index contributed by atoms with van der Waals surface area (Å²) in [5.41, 5.74) is 2.92. The number of likely N-dealkylation sites (N-methyl/N-ethyl adjacent to an activating group) is 1. The summed E-state index contributed by atoms with van der Waals surface area (Å²) in [5, 5.41) is 4.83. The van der Waals surface area contributed by atoms with E-state index in [1.165, 1.54) is 21.9 Å². The zero-order valence-corrected chi connectivity index (χ0v) is 19.9. The van der Waals surface area contributed by atoms with Crippen molar-refractivity contribution in [2.24, 2.45) is 0 Å². The molecule has 1 aliphatic heterocycles. The number of nitrogens with zero attached hydrogens (tertiary/aromatic N) is 5. The van der Waals surface area contributed by atoms with E-state index in [-0.39, 0.29) is 24.8 Å². The van der Waals surface area contributed by atoms with Gasteiger partial charge in [0, 0.05) is 37.6 Å². The number of rotatable bonds is 3. The van der Waals surface area contributed by atoms with Gasteiger partial charge in [-0.2, -0.15) is 5.10 Å². The molecular formula is C25H28FN5O3. The van der Waals surface area contributed by atoms with Gasteiger partial charge < -0.3 is 9.64 Å². The van der Waals surface area contributed by atoms with E-state index in [9.17, 15) is 14.0 Å². The van der Waals surface area contributed by atoms with Gasteiger partial charge in [-0.05, 0) is 62.7 Å². The van der Waals surface area contributed by atoms with Crippen molar-refractivity contribution in [2.45, 2.75) is 39.0 Å². The van der Waals surface area contributed by atoms with Gasteiger partial charge >= 0.3 is 6.09 Å². The fourth-order valence-corrected chi connectivity index (χ4v) is 3.99. The van der Waals surface area contributed by atoms with E-state index < -0.39 is 17.7 Å². The molecule has 0 fully saturated rings. The lowest BCUT2D eigenvalue weighted by Gasteiger charge is -2.35. The van der Waals surface area contributed by atoms with E-state index in [1.54, 1.807) is 64.1 Å². The van der Waals surface area contributed by atoms with E-state index in [1.807, 2.05) is 12.1 Å². The standard InChI is InChI=1S/C25H28FN5O3/c1-25(2,3)34-24(33)30-14-19-21(16-10-12-27-13-11-16)22(17-6-8-18(26)9-7-17)28-31(19)20(15-30)23(32)29(4)5/h6-13,20H,14-15H2,1-5H3. The van der Waals surface area contributed by atoms with Crippen molar-refractivity contribution in [3.8, 4) is 22.4 Å². The maximum absolute atomic E-state index is 13.6. The zero-order valence-electron chi connectivity index (χ0n) is 19.9. The second-order valence-corrected chi connectivity index (χ2v) is 9.47. The molecule has 0 bridgehead atoms. The number of hydrogen-bond acceptors (Lipinski definition) is 5. The minimum atomic E-state index is -0.735. The quantitative estimate of drug-likeness (QED) is 0.581. The number of benzene rings is 1. The van der Waals surface area contributed by atoms with Crippen molar-refractivity contribution in [1.82, 2.24) is 24.6 Å².